The van der Waals surface area contributed by atoms with E-state index in [4.69, 9.17) is 0 Å². The summed E-state index contributed by atoms with van der Waals surface area (Å²) in [5.74, 6) is 1.27. The van der Waals surface area contributed by atoms with Crippen LogP contribution in [0.2, 0.25) is 0 Å². The molecule has 1 aromatic rings. The molecule has 0 fully saturated rings. The molecule has 2 heterocycles. The average Bonchev–Trinajstić information content (AvgIpc) is 2.47. The van der Waals surface area contributed by atoms with Gasteiger partial charge in [0.25, 0.3) is 0 Å². The molecule has 0 radical (unpaired) electrons. The van der Waals surface area contributed by atoms with Crippen LogP contribution >= 0.6 is 0 Å². The van der Waals surface area contributed by atoms with Gasteiger partial charge in [0.1, 0.15) is 5.82 Å². The molecular formula is C7H13BF4N3-. The van der Waals surface area contributed by atoms with Gasteiger partial charge in [0.2, 0.25) is 0 Å². The summed E-state index contributed by atoms with van der Waals surface area (Å²) in [6.07, 6.45) is 7.77. The molecule has 0 amide bonds. The molecule has 0 aliphatic carbocycles. The van der Waals surface area contributed by atoms with Crippen molar-refractivity contribution in [1.82, 2.24) is 15.7 Å². The zero-order valence-electron chi connectivity index (χ0n) is 8.17. The van der Waals surface area contributed by atoms with Crippen LogP contribution in [0.25, 0.3) is 0 Å². The number of hydrogen-bond donors (Lipinski definition) is 1. The fourth-order valence-electron chi connectivity index (χ4n) is 1.34. The highest BCUT2D eigenvalue weighted by atomic mass is 19.5. The zero-order chi connectivity index (χ0) is 10.6. The number of aryl methyl sites for hydroxylation is 2. The van der Waals surface area contributed by atoms with Gasteiger partial charge in [0, 0.05) is 25.4 Å². The Hall–Kier alpha value is -1.05. The average molecular weight is 226 g/mol. The van der Waals surface area contributed by atoms with Gasteiger partial charge < -0.3 is 28.0 Å². The maximum Gasteiger partial charge on any atom is 0.673 e. The lowest BCUT2D eigenvalue weighted by Crippen LogP contribution is -2.08. The van der Waals surface area contributed by atoms with Crippen molar-refractivity contribution < 1.29 is 17.3 Å². The molecule has 15 heavy (non-hydrogen) atoms. The largest absolute Gasteiger partial charge is 0.673 e. The third kappa shape index (κ3) is 6.11. The molecule has 88 valence electrons. The Labute approximate surface area is 85.2 Å². The molecule has 0 bridgehead atoms. The van der Waals surface area contributed by atoms with E-state index in [9.17, 15) is 17.3 Å². The normalized spacial score (nSPS) is 14.4. The second-order valence-corrected chi connectivity index (χ2v) is 2.99. The van der Waals surface area contributed by atoms with Gasteiger partial charge >= 0.3 is 7.25 Å². The second-order valence-electron chi connectivity index (χ2n) is 2.99. The quantitative estimate of drug-likeness (QED) is 0.546. The van der Waals surface area contributed by atoms with Gasteiger partial charge in [0.15, 0.2) is 0 Å². The minimum atomic E-state index is -6.00. The lowest BCUT2D eigenvalue weighted by molar-refractivity contribution is 0.368. The van der Waals surface area contributed by atoms with Crippen molar-refractivity contribution in [2.45, 2.75) is 25.8 Å². The molecule has 3 N–H and O–H groups in total. The van der Waals surface area contributed by atoms with E-state index in [0.29, 0.717) is 0 Å². The summed E-state index contributed by atoms with van der Waals surface area (Å²) in [4.78, 5) is 4.22. The maximum atomic E-state index is 9.75. The Morgan fingerprint density at radius 3 is 2.33 bits per heavy atom. The zero-order valence-corrected chi connectivity index (χ0v) is 8.17. The molecule has 0 saturated carbocycles. The van der Waals surface area contributed by atoms with Gasteiger partial charge in [-0.3, -0.25) is 0 Å². The number of hydrogen-bond acceptors (Lipinski definition) is 2. The van der Waals surface area contributed by atoms with E-state index in [1.54, 1.807) is 0 Å². The Morgan fingerprint density at radius 1 is 1.20 bits per heavy atom. The molecule has 2 rings (SSSR count). The number of nitrogens with zero attached hydrogens (tertiary/aromatic N) is 2. The molecular weight excluding hydrogens is 213 g/mol. The van der Waals surface area contributed by atoms with Crippen molar-refractivity contribution >= 4 is 7.25 Å². The minimum Gasteiger partial charge on any atom is -0.418 e. The predicted molar refractivity (Wildman–Crippen MR) is 50.4 cm³/mol. The standard InChI is InChI=1S/C7H10N2.BF4.H3N/c1-2-5-9-6-4-8-7(9)3-1;2-1(3,4)5;/h4,6H,1-3,5H2;;1H3/q;-1;. The van der Waals surface area contributed by atoms with Crippen molar-refractivity contribution in [3.63, 3.8) is 0 Å². The fraction of sp³-hybridized carbons (Fsp3) is 0.571. The summed E-state index contributed by atoms with van der Waals surface area (Å²) in [6, 6.07) is 0. The van der Waals surface area contributed by atoms with E-state index in [1.807, 2.05) is 6.20 Å². The summed E-state index contributed by atoms with van der Waals surface area (Å²) >= 11 is 0. The number of rotatable bonds is 0. The van der Waals surface area contributed by atoms with Crippen molar-refractivity contribution in [3.05, 3.63) is 18.2 Å². The Kier molecular flexibility index (Phi) is 5.34. The van der Waals surface area contributed by atoms with E-state index in [1.165, 1.54) is 31.6 Å². The van der Waals surface area contributed by atoms with E-state index in [-0.39, 0.29) is 6.15 Å². The van der Waals surface area contributed by atoms with Crippen LogP contribution in [-0.4, -0.2) is 16.8 Å². The number of aromatic nitrogens is 2. The van der Waals surface area contributed by atoms with Crippen LogP contribution < -0.4 is 6.15 Å². The van der Waals surface area contributed by atoms with Gasteiger partial charge in [-0.2, -0.15) is 0 Å². The van der Waals surface area contributed by atoms with E-state index < -0.39 is 7.25 Å². The van der Waals surface area contributed by atoms with Crippen molar-refractivity contribution in [2.24, 2.45) is 0 Å². The van der Waals surface area contributed by atoms with Gasteiger partial charge in [-0.05, 0) is 12.8 Å². The smallest absolute Gasteiger partial charge is 0.418 e. The molecule has 0 aromatic carbocycles. The Morgan fingerprint density at radius 2 is 1.80 bits per heavy atom. The predicted octanol–water partition coefficient (Wildman–Crippen LogP) is 2.68. The van der Waals surface area contributed by atoms with Crippen LogP contribution in [0.3, 0.4) is 0 Å². The summed E-state index contributed by atoms with van der Waals surface area (Å²) in [7, 11) is -6.00. The van der Waals surface area contributed by atoms with Gasteiger partial charge in [-0.1, -0.05) is 0 Å². The van der Waals surface area contributed by atoms with Crippen LogP contribution in [0, 0.1) is 0 Å². The Balaban J connectivity index is 0.000000289. The molecule has 1 aromatic heterocycles. The molecule has 0 saturated heterocycles. The number of fused-ring (bicyclic) bond motifs is 1. The first-order chi connectivity index (χ1) is 6.47. The van der Waals surface area contributed by atoms with Crippen LogP contribution in [0.4, 0.5) is 17.3 Å². The highest BCUT2D eigenvalue weighted by Gasteiger charge is 2.20. The van der Waals surface area contributed by atoms with Crippen LogP contribution in [0.1, 0.15) is 18.7 Å². The molecule has 3 nitrogen and oxygen atoms in total. The number of halogens is 4. The van der Waals surface area contributed by atoms with E-state index in [0.717, 1.165) is 0 Å². The molecule has 1 aliphatic rings. The number of imidazole rings is 1. The molecule has 8 heteroatoms. The van der Waals surface area contributed by atoms with E-state index in [2.05, 4.69) is 15.7 Å². The summed E-state index contributed by atoms with van der Waals surface area (Å²) in [5.41, 5.74) is 0. The topological polar surface area (TPSA) is 52.8 Å². The summed E-state index contributed by atoms with van der Waals surface area (Å²) in [6.45, 7) is 1.18. The first-order valence-corrected chi connectivity index (χ1v) is 4.34. The summed E-state index contributed by atoms with van der Waals surface area (Å²) < 4.78 is 41.2. The SMILES string of the molecule is F[B-](F)(F)F.N.c1cn2c(n1)CCCC2. The molecule has 1 aliphatic heterocycles. The third-order valence-corrected chi connectivity index (χ3v) is 1.85. The van der Waals surface area contributed by atoms with Crippen molar-refractivity contribution in [2.75, 3.05) is 0 Å². The highest BCUT2D eigenvalue weighted by molar-refractivity contribution is 6.50. The monoisotopic (exact) mass is 226 g/mol. The molecule has 0 atom stereocenters. The van der Waals surface area contributed by atoms with Gasteiger partial charge in [0.05, 0.1) is 0 Å². The third-order valence-electron chi connectivity index (χ3n) is 1.85. The van der Waals surface area contributed by atoms with Gasteiger partial charge in [-0.25, -0.2) is 4.98 Å². The Bertz CT molecular complexity index is 260. The highest BCUT2D eigenvalue weighted by Crippen LogP contribution is 2.10. The lowest BCUT2D eigenvalue weighted by Gasteiger charge is -2.11. The van der Waals surface area contributed by atoms with E-state index >= 15 is 0 Å². The lowest BCUT2D eigenvalue weighted by atomic mass is 10.2. The second kappa shape index (κ2) is 5.74. The van der Waals surface area contributed by atoms with Gasteiger partial charge in [-0.15, -0.1) is 0 Å². The van der Waals surface area contributed by atoms with Crippen LogP contribution in [0.5, 0.6) is 0 Å². The van der Waals surface area contributed by atoms with Crippen LogP contribution in [-0.2, 0) is 13.0 Å². The first kappa shape index (κ1) is 14.0. The first-order valence-electron chi connectivity index (χ1n) is 4.34. The minimum absolute atomic E-state index is 0. The molecule has 0 spiro atoms. The maximum absolute atomic E-state index is 9.75. The van der Waals surface area contributed by atoms with Crippen molar-refractivity contribution in [3.8, 4) is 0 Å². The fourth-order valence-corrected chi connectivity index (χ4v) is 1.34. The van der Waals surface area contributed by atoms with Crippen molar-refractivity contribution in [1.29, 1.82) is 0 Å². The van der Waals surface area contributed by atoms with Crippen LogP contribution in [0.15, 0.2) is 12.4 Å². The summed E-state index contributed by atoms with van der Waals surface area (Å²) in [5, 5.41) is 0. The molecule has 0 unspecified atom stereocenters.